The molecule has 1 unspecified atom stereocenters. The van der Waals surface area contributed by atoms with Crippen LogP contribution in [-0.2, 0) is 0 Å². The summed E-state index contributed by atoms with van der Waals surface area (Å²) in [6.07, 6.45) is 5.11. The molecule has 0 spiro atoms. The van der Waals surface area contributed by atoms with E-state index in [-0.39, 0.29) is 6.04 Å². The lowest BCUT2D eigenvalue weighted by molar-refractivity contribution is 0.241. The van der Waals surface area contributed by atoms with Gasteiger partial charge in [0.25, 0.3) is 0 Å². The van der Waals surface area contributed by atoms with Crippen LogP contribution in [0.1, 0.15) is 38.0 Å². The average Bonchev–Trinajstić information content (AvgIpc) is 2.81. The molecular weight excluding hydrogens is 190 g/mol. The van der Waals surface area contributed by atoms with E-state index >= 15 is 0 Å². The monoisotopic (exact) mass is 209 g/mol. The minimum absolute atomic E-state index is 0.260. The first kappa shape index (κ1) is 10.7. The second-order valence-corrected chi connectivity index (χ2v) is 4.59. The highest BCUT2D eigenvalue weighted by atomic mass is 16.3. The van der Waals surface area contributed by atoms with Gasteiger partial charge in [0.2, 0.25) is 0 Å². The maximum absolute atomic E-state index is 8.94. The summed E-state index contributed by atoms with van der Waals surface area (Å²) in [6.45, 7) is 3.39. The van der Waals surface area contributed by atoms with Crippen molar-refractivity contribution in [2.24, 2.45) is 5.41 Å². The highest BCUT2D eigenvalue weighted by Crippen LogP contribution is 2.48. The molecule has 1 aromatic heterocycles. The van der Waals surface area contributed by atoms with Gasteiger partial charge >= 0.3 is 0 Å². The minimum atomic E-state index is 0.260. The van der Waals surface area contributed by atoms with Crippen molar-refractivity contribution in [2.75, 3.05) is 13.2 Å². The van der Waals surface area contributed by atoms with Crippen LogP contribution in [0.2, 0.25) is 0 Å². The van der Waals surface area contributed by atoms with E-state index in [1.54, 1.807) is 6.26 Å². The molecule has 2 rings (SSSR count). The number of aliphatic hydroxyl groups excluding tert-OH is 1. The summed E-state index contributed by atoms with van der Waals surface area (Å²) in [5.41, 5.74) is 0.371. The lowest BCUT2D eigenvalue weighted by atomic mass is 10.0. The standard InChI is InChI=1S/C12H19NO2/c1-10(11-3-2-8-15-11)13-9-12(4-5-12)6-7-14/h2-3,8,10,13-14H,4-7,9H2,1H3. The van der Waals surface area contributed by atoms with Crippen LogP contribution in [0.25, 0.3) is 0 Å². The van der Waals surface area contributed by atoms with Crippen LogP contribution in [0.3, 0.4) is 0 Å². The van der Waals surface area contributed by atoms with Crippen LogP contribution in [-0.4, -0.2) is 18.3 Å². The molecule has 15 heavy (non-hydrogen) atoms. The predicted octanol–water partition coefficient (Wildman–Crippen LogP) is 2.09. The molecule has 1 heterocycles. The molecule has 0 saturated heterocycles. The zero-order valence-corrected chi connectivity index (χ0v) is 9.20. The van der Waals surface area contributed by atoms with Gasteiger partial charge in [0.1, 0.15) is 5.76 Å². The van der Waals surface area contributed by atoms with Crippen molar-refractivity contribution in [3.63, 3.8) is 0 Å². The number of nitrogens with one attached hydrogen (secondary N) is 1. The molecule has 0 amide bonds. The maximum Gasteiger partial charge on any atom is 0.120 e. The van der Waals surface area contributed by atoms with Gasteiger partial charge in [-0.05, 0) is 43.7 Å². The van der Waals surface area contributed by atoms with Crippen molar-refractivity contribution >= 4 is 0 Å². The van der Waals surface area contributed by atoms with Gasteiger partial charge in [-0.25, -0.2) is 0 Å². The summed E-state index contributed by atoms with van der Waals surface area (Å²) in [7, 11) is 0. The second kappa shape index (κ2) is 4.37. The van der Waals surface area contributed by atoms with E-state index in [2.05, 4.69) is 12.2 Å². The van der Waals surface area contributed by atoms with Crippen molar-refractivity contribution in [2.45, 2.75) is 32.2 Å². The van der Waals surface area contributed by atoms with Crippen molar-refractivity contribution < 1.29 is 9.52 Å². The number of hydrogen-bond acceptors (Lipinski definition) is 3. The summed E-state index contributed by atoms with van der Waals surface area (Å²) >= 11 is 0. The fourth-order valence-corrected chi connectivity index (χ4v) is 1.94. The van der Waals surface area contributed by atoms with Crippen LogP contribution >= 0.6 is 0 Å². The van der Waals surface area contributed by atoms with E-state index in [1.165, 1.54) is 12.8 Å². The van der Waals surface area contributed by atoms with Gasteiger partial charge in [0.15, 0.2) is 0 Å². The number of rotatable bonds is 6. The molecule has 0 aromatic carbocycles. The Morgan fingerprint density at radius 3 is 2.93 bits per heavy atom. The molecule has 0 aliphatic heterocycles. The number of aliphatic hydroxyl groups is 1. The molecular formula is C12H19NO2. The Bertz CT molecular complexity index is 291. The normalized spacial score (nSPS) is 20.1. The van der Waals surface area contributed by atoms with Crippen LogP contribution in [0.5, 0.6) is 0 Å². The zero-order valence-electron chi connectivity index (χ0n) is 9.20. The van der Waals surface area contributed by atoms with E-state index < -0.39 is 0 Å². The van der Waals surface area contributed by atoms with E-state index in [1.807, 2.05) is 12.1 Å². The molecule has 1 atom stereocenters. The van der Waals surface area contributed by atoms with Gasteiger partial charge in [-0.2, -0.15) is 0 Å². The zero-order chi connectivity index (χ0) is 10.7. The molecule has 1 aliphatic carbocycles. The topological polar surface area (TPSA) is 45.4 Å². The highest BCUT2D eigenvalue weighted by Gasteiger charge is 2.41. The third-order valence-electron chi connectivity index (χ3n) is 3.35. The highest BCUT2D eigenvalue weighted by molar-refractivity contribution is 5.04. The van der Waals surface area contributed by atoms with Crippen molar-refractivity contribution in [3.8, 4) is 0 Å². The quantitative estimate of drug-likeness (QED) is 0.754. The predicted molar refractivity (Wildman–Crippen MR) is 58.5 cm³/mol. The Morgan fingerprint density at radius 1 is 1.60 bits per heavy atom. The molecule has 0 radical (unpaired) electrons. The van der Waals surface area contributed by atoms with Crippen LogP contribution in [0.15, 0.2) is 22.8 Å². The summed E-state index contributed by atoms with van der Waals surface area (Å²) in [5.74, 6) is 0.981. The SMILES string of the molecule is CC(NCC1(CCO)CC1)c1ccco1. The van der Waals surface area contributed by atoms with Crippen molar-refractivity contribution in [3.05, 3.63) is 24.2 Å². The van der Waals surface area contributed by atoms with Crippen molar-refractivity contribution in [1.29, 1.82) is 0 Å². The van der Waals surface area contributed by atoms with E-state index in [9.17, 15) is 0 Å². The largest absolute Gasteiger partial charge is 0.468 e. The molecule has 3 nitrogen and oxygen atoms in total. The summed E-state index contributed by atoms with van der Waals surface area (Å²) in [6, 6.07) is 4.16. The molecule has 3 heteroatoms. The Hall–Kier alpha value is -0.800. The van der Waals surface area contributed by atoms with Gasteiger partial charge in [-0.3, -0.25) is 0 Å². The minimum Gasteiger partial charge on any atom is -0.468 e. The first-order valence-electron chi connectivity index (χ1n) is 5.63. The maximum atomic E-state index is 8.94. The van der Waals surface area contributed by atoms with Crippen LogP contribution in [0.4, 0.5) is 0 Å². The Labute approximate surface area is 90.5 Å². The summed E-state index contributed by atoms with van der Waals surface area (Å²) < 4.78 is 5.33. The fourth-order valence-electron chi connectivity index (χ4n) is 1.94. The van der Waals surface area contributed by atoms with Gasteiger partial charge in [0.05, 0.1) is 12.3 Å². The lowest BCUT2D eigenvalue weighted by Crippen LogP contribution is -2.27. The summed E-state index contributed by atoms with van der Waals surface area (Å²) in [4.78, 5) is 0. The first-order valence-corrected chi connectivity index (χ1v) is 5.63. The average molecular weight is 209 g/mol. The molecule has 0 bridgehead atoms. The van der Waals surface area contributed by atoms with Crippen molar-refractivity contribution in [1.82, 2.24) is 5.32 Å². The Kier molecular flexibility index (Phi) is 3.12. The molecule has 1 saturated carbocycles. The van der Waals surface area contributed by atoms with E-state index in [0.29, 0.717) is 12.0 Å². The molecule has 84 valence electrons. The number of hydrogen-bond donors (Lipinski definition) is 2. The molecule has 1 aromatic rings. The molecule has 1 fully saturated rings. The first-order chi connectivity index (χ1) is 7.26. The van der Waals surface area contributed by atoms with Gasteiger partial charge < -0.3 is 14.8 Å². The van der Waals surface area contributed by atoms with Crippen LogP contribution in [0, 0.1) is 5.41 Å². The van der Waals surface area contributed by atoms with Gasteiger partial charge in [0, 0.05) is 13.2 Å². The molecule has 2 N–H and O–H groups in total. The van der Waals surface area contributed by atoms with E-state index in [4.69, 9.17) is 9.52 Å². The third-order valence-corrected chi connectivity index (χ3v) is 3.35. The summed E-state index contributed by atoms with van der Waals surface area (Å²) in [5, 5.41) is 12.4. The van der Waals surface area contributed by atoms with Gasteiger partial charge in [-0.1, -0.05) is 0 Å². The van der Waals surface area contributed by atoms with Gasteiger partial charge in [-0.15, -0.1) is 0 Å². The Balaban J connectivity index is 1.78. The van der Waals surface area contributed by atoms with E-state index in [0.717, 1.165) is 18.7 Å². The molecule has 1 aliphatic rings. The smallest absolute Gasteiger partial charge is 0.120 e. The fraction of sp³-hybridized carbons (Fsp3) is 0.667. The Morgan fingerprint density at radius 2 is 2.40 bits per heavy atom. The second-order valence-electron chi connectivity index (χ2n) is 4.59. The third kappa shape index (κ3) is 2.61. The van der Waals surface area contributed by atoms with Crippen LogP contribution < -0.4 is 5.32 Å². The lowest BCUT2D eigenvalue weighted by Gasteiger charge is -2.17. The number of furan rings is 1.